The zero-order valence-electron chi connectivity index (χ0n) is 14.5. The molecular weight excluding hydrogens is 304 g/mol. The van der Waals surface area contributed by atoms with E-state index in [2.05, 4.69) is 6.92 Å². The number of hydrogen-bond acceptors (Lipinski definition) is 4. The average Bonchev–Trinajstić information content (AvgIpc) is 3.27. The number of rotatable bonds is 1. The van der Waals surface area contributed by atoms with Crippen LogP contribution in [0.25, 0.3) is 0 Å². The lowest BCUT2D eigenvalue weighted by Crippen LogP contribution is -2.49. The molecule has 0 bridgehead atoms. The molecule has 5 aliphatic rings. The van der Waals surface area contributed by atoms with E-state index in [9.17, 15) is 9.59 Å². The van der Waals surface area contributed by atoms with E-state index >= 15 is 0 Å². The van der Waals surface area contributed by atoms with Gasteiger partial charge in [-0.3, -0.25) is 9.59 Å². The summed E-state index contributed by atoms with van der Waals surface area (Å²) in [6, 6.07) is 0. The van der Waals surface area contributed by atoms with Crippen LogP contribution in [0.5, 0.6) is 0 Å². The van der Waals surface area contributed by atoms with E-state index in [1.165, 1.54) is 31.8 Å². The number of ether oxygens (including phenoxy) is 2. The quantitative estimate of drug-likeness (QED) is 0.548. The first-order chi connectivity index (χ1) is 11.5. The third kappa shape index (κ3) is 1.95. The van der Waals surface area contributed by atoms with Crippen LogP contribution in [-0.2, 0) is 19.1 Å². The van der Waals surface area contributed by atoms with Gasteiger partial charge in [-0.15, -0.1) is 0 Å². The molecule has 0 spiro atoms. The first-order valence-electron chi connectivity index (χ1n) is 9.56. The number of hydrogen-bond donors (Lipinski definition) is 0. The summed E-state index contributed by atoms with van der Waals surface area (Å²) in [6.45, 7) is 3.88. The van der Waals surface area contributed by atoms with E-state index in [0.717, 1.165) is 19.3 Å². The van der Waals surface area contributed by atoms with Crippen LogP contribution in [0.2, 0.25) is 0 Å². The van der Waals surface area contributed by atoms with Gasteiger partial charge in [0.1, 0.15) is 12.2 Å². The van der Waals surface area contributed by atoms with Crippen LogP contribution in [0.15, 0.2) is 11.6 Å². The molecule has 0 aromatic rings. The van der Waals surface area contributed by atoms with Crippen LogP contribution in [0.1, 0.15) is 52.4 Å². The zero-order valence-corrected chi connectivity index (χ0v) is 14.5. The Hall–Kier alpha value is -1.16. The highest BCUT2D eigenvalue weighted by Crippen LogP contribution is 2.63. The maximum absolute atomic E-state index is 12.0. The van der Waals surface area contributed by atoms with Crippen molar-refractivity contribution in [1.29, 1.82) is 0 Å². The van der Waals surface area contributed by atoms with Gasteiger partial charge in [-0.1, -0.05) is 12.5 Å². The van der Waals surface area contributed by atoms with Gasteiger partial charge >= 0.3 is 5.97 Å². The molecule has 1 aliphatic heterocycles. The maximum Gasteiger partial charge on any atom is 0.302 e. The van der Waals surface area contributed by atoms with Crippen molar-refractivity contribution in [2.45, 2.75) is 70.7 Å². The van der Waals surface area contributed by atoms with Gasteiger partial charge in [-0.2, -0.15) is 0 Å². The van der Waals surface area contributed by atoms with Crippen LogP contribution >= 0.6 is 0 Å². The van der Waals surface area contributed by atoms with Gasteiger partial charge in [0, 0.05) is 18.3 Å². The highest BCUT2D eigenvalue weighted by molar-refractivity contribution is 5.97. The van der Waals surface area contributed by atoms with Crippen LogP contribution in [-0.4, -0.2) is 30.1 Å². The first-order valence-corrected chi connectivity index (χ1v) is 9.56. The molecule has 1 saturated heterocycles. The van der Waals surface area contributed by atoms with Gasteiger partial charge in [-0.25, -0.2) is 0 Å². The van der Waals surface area contributed by atoms with Crippen molar-refractivity contribution in [2.75, 3.05) is 0 Å². The van der Waals surface area contributed by atoms with Crippen molar-refractivity contribution in [3.63, 3.8) is 0 Å². The van der Waals surface area contributed by atoms with Crippen molar-refractivity contribution in [1.82, 2.24) is 0 Å². The molecule has 0 radical (unpaired) electrons. The summed E-state index contributed by atoms with van der Waals surface area (Å²) in [5, 5.41) is 0. The van der Waals surface area contributed by atoms with Crippen molar-refractivity contribution < 1.29 is 19.1 Å². The Balaban J connectivity index is 1.42. The van der Waals surface area contributed by atoms with Gasteiger partial charge in [0.25, 0.3) is 0 Å². The summed E-state index contributed by atoms with van der Waals surface area (Å²) in [5.74, 6) is 2.53. The zero-order chi connectivity index (χ0) is 16.6. The van der Waals surface area contributed by atoms with Crippen molar-refractivity contribution >= 4 is 11.8 Å². The van der Waals surface area contributed by atoms with Gasteiger partial charge in [0.15, 0.2) is 5.78 Å². The Morgan fingerprint density at radius 1 is 1.25 bits per heavy atom. The predicted octanol–water partition coefficient (Wildman–Crippen LogP) is 3.05. The Kier molecular flexibility index (Phi) is 3.11. The monoisotopic (exact) mass is 330 g/mol. The second-order valence-electron chi connectivity index (χ2n) is 8.86. The van der Waals surface area contributed by atoms with E-state index in [-0.39, 0.29) is 35.5 Å². The van der Waals surface area contributed by atoms with Gasteiger partial charge in [0.2, 0.25) is 0 Å². The molecule has 4 fully saturated rings. The van der Waals surface area contributed by atoms with E-state index in [4.69, 9.17) is 9.47 Å². The fourth-order valence-corrected chi connectivity index (χ4v) is 6.81. The molecular formula is C20H26O4. The second kappa shape index (κ2) is 4.94. The van der Waals surface area contributed by atoms with Crippen LogP contribution in [0, 0.1) is 29.1 Å². The molecule has 0 aromatic heterocycles. The Bertz CT molecular complexity index is 638. The molecule has 0 unspecified atom stereocenters. The topological polar surface area (TPSA) is 55.9 Å². The largest absolute Gasteiger partial charge is 0.462 e. The Morgan fingerprint density at radius 2 is 2.08 bits per heavy atom. The molecule has 8 atom stereocenters. The van der Waals surface area contributed by atoms with Crippen LogP contribution in [0.4, 0.5) is 0 Å². The molecule has 24 heavy (non-hydrogen) atoms. The molecule has 0 aromatic carbocycles. The van der Waals surface area contributed by atoms with E-state index in [0.29, 0.717) is 23.7 Å². The summed E-state index contributed by atoms with van der Waals surface area (Å²) >= 11 is 0. The van der Waals surface area contributed by atoms with Crippen LogP contribution < -0.4 is 0 Å². The molecule has 3 saturated carbocycles. The predicted molar refractivity (Wildman–Crippen MR) is 87.1 cm³/mol. The molecule has 4 nitrogen and oxygen atoms in total. The fraction of sp³-hybridized carbons (Fsp3) is 0.800. The minimum absolute atomic E-state index is 0.0933. The summed E-state index contributed by atoms with van der Waals surface area (Å²) in [4.78, 5) is 23.5. The van der Waals surface area contributed by atoms with Crippen molar-refractivity contribution in [3.8, 4) is 0 Å². The number of ketones is 1. The highest BCUT2D eigenvalue weighted by Gasteiger charge is 2.62. The minimum atomic E-state index is -0.141. The van der Waals surface area contributed by atoms with Gasteiger partial charge < -0.3 is 9.47 Å². The Labute approximate surface area is 143 Å². The lowest BCUT2D eigenvalue weighted by atomic mass is 9.52. The molecule has 0 N–H and O–H groups in total. The van der Waals surface area contributed by atoms with Crippen LogP contribution in [0.3, 0.4) is 0 Å². The van der Waals surface area contributed by atoms with E-state index in [1.54, 1.807) is 0 Å². The Morgan fingerprint density at radius 3 is 2.88 bits per heavy atom. The summed E-state index contributed by atoms with van der Waals surface area (Å²) in [6.07, 6.45) is 8.76. The molecule has 130 valence electrons. The number of esters is 1. The lowest BCUT2D eigenvalue weighted by molar-refractivity contribution is -0.156. The first kappa shape index (κ1) is 15.1. The molecule has 1 heterocycles. The SMILES string of the molecule is CC(=O)O[C@H]1CC[C@H]2[C@@H]3CCC4=CC(=O)[C@H]5O[C@@H]5[C@@H]4[C@H]3CC[C@]12C. The molecule has 4 aliphatic carbocycles. The molecule has 0 amide bonds. The summed E-state index contributed by atoms with van der Waals surface area (Å²) in [7, 11) is 0. The molecule has 4 heteroatoms. The average molecular weight is 330 g/mol. The summed E-state index contributed by atoms with van der Waals surface area (Å²) in [5.41, 5.74) is 1.50. The third-order valence-electron chi connectivity index (χ3n) is 7.86. The van der Waals surface area contributed by atoms with Gasteiger partial charge in [0.05, 0.1) is 6.10 Å². The normalized spacial score (nSPS) is 51.7. The molecule has 5 rings (SSSR count). The van der Waals surface area contributed by atoms with E-state index < -0.39 is 0 Å². The van der Waals surface area contributed by atoms with E-state index in [1.807, 2.05) is 6.08 Å². The maximum atomic E-state index is 12.0. The lowest BCUT2D eigenvalue weighted by Gasteiger charge is -2.53. The fourth-order valence-electron chi connectivity index (χ4n) is 6.81. The minimum Gasteiger partial charge on any atom is -0.462 e. The van der Waals surface area contributed by atoms with Crippen molar-refractivity contribution in [2.24, 2.45) is 29.1 Å². The number of epoxide rings is 1. The smallest absolute Gasteiger partial charge is 0.302 e. The number of carbonyl (C=O) groups is 2. The second-order valence-corrected chi connectivity index (χ2v) is 8.86. The highest BCUT2D eigenvalue weighted by atomic mass is 16.6. The standard InChI is InChI=1S/C20H26O4/c1-10(21)23-16-6-5-14-12-4-3-11-9-15(22)18-19(24-18)17(11)13(12)7-8-20(14,16)2/h9,12-14,16-19H,3-8H2,1-2H3/t12-,13+,14+,16+,17+,18-,19-,20+/m1/s1. The third-order valence-corrected chi connectivity index (χ3v) is 7.86. The van der Waals surface area contributed by atoms with Gasteiger partial charge in [-0.05, 0) is 62.4 Å². The summed E-state index contributed by atoms with van der Waals surface area (Å²) < 4.78 is 11.4. The number of fused-ring (bicyclic) bond motifs is 7. The number of carbonyl (C=O) groups excluding carboxylic acids is 2. The van der Waals surface area contributed by atoms with Crippen molar-refractivity contribution in [3.05, 3.63) is 11.6 Å².